The summed E-state index contributed by atoms with van der Waals surface area (Å²) >= 11 is 17.3. The molecule has 0 radical (unpaired) electrons. The Hall–Kier alpha value is 0.220. The maximum absolute atomic E-state index is 13.3. The first-order chi connectivity index (χ1) is 11.1. The number of carbonyl (C=O) groups is 1. The minimum Gasteiger partial charge on any atom is -0.495 e. The number of halogens is 4. The van der Waals surface area contributed by atoms with Gasteiger partial charge in [0.1, 0.15) is 5.75 Å². The molecular weight excluding hydrogens is 525 g/mol. The number of alkyl halides is 3. The van der Waals surface area contributed by atoms with Gasteiger partial charge in [0.15, 0.2) is 0 Å². The molecule has 3 atom stereocenters. The van der Waals surface area contributed by atoms with Gasteiger partial charge in [-0.05, 0) is 36.5 Å². The van der Waals surface area contributed by atoms with E-state index >= 15 is 0 Å². The van der Waals surface area contributed by atoms with Crippen LogP contribution in [0.25, 0.3) is 0 Å². The molecule has 0 aromatic heterocycles. The molecule has 3 aliphatic carbocycles. The van der Waals surface area contributed by atoms with Gasteiger partial charge in [0.05, 0.1) is 21.9 Å². The molecule has 3 unspecified atom stereocenters. The number of amides is 1. The first-order valence-electron chi connectivity index (χ1n) is 7.72. The van der Waals surface area contributed by atoms with Crippen LogP contribution in [0.1, 0.15) is 26.7 Å². The Morgan fingerprint density at radius 2 is 2.04 bits per heavy atom. The Kier molecular flexibility index (Phi) is 4.86. The summed E-state index contributed by atoms with van der Waals surface area (Å²) in [6.45, 7) is 4.37. The van der Waals surface area contributed by atoms with Gasteiger partial charge in [-0.2, -0.15) is 0 Å². The van der Waals surface area contributed by atoms with Crippen LogP contribution in [-0.2, 0) is 4.79 Å². The number of rotatable bonds is 4. The Labute approximate surface area is 172 Å². The SMILES string of the molecule is COc1ccc(Cl)cc1NC(=O)C12CCC(C(Br)Br)(C1Br)C2(C)C. The van der Waals surface area contributed by atoms with Gasteiger partial charge in [0, 0.05) is 15.3 Å². The standard InChI is InChI=1S/C17H19Br3ClNO2/c1-15(2)16(13(19)20)6-7-17(15,12(16)18)14(23)22-10-8-9(21)4-5-11(10)24-3/h4-5,8,12-13H,6-7H2,1-3H3,(H,22,23). The van der Waals surface area contributed by atoms with Crippen LogP contribution in [0.2, 0.25) is 5.02 Å². The summed E-state index contributed by atoms with van der Waals surface area (Å²) in [5.41, 5.74) is 0.00319. The summed E-state index contributed by atoms with van der Waals surface area (Å²) in [6, 6.07) is 5.23. The van der Waals surface area contributed by atoms with Gasteiger partial charge in [0.2, 0.25) is 5.91 Å². The number of fused-ring (bicyclic) bond motifs is 1. The fourth-order valence-corrected chi connectivity index (χ4v) is 9.80. The van der Waals surface area contributed by atoms with Gasteiger partial charge in [-0.15, -0.1) is 0 Å². The lowest BCUT2D eigenvalue weighted by molar-refractivity contribution is -0.155. The van der Waals surface area contributed by atoms with Crippen molar-refractivity contribution in [1.82, 2.24) is 0 Å². The van der Waals surface area contributed by atoms with E-state index in [0.717, 1.165) is 12.8 Å². The third kappa shape index (κ3) is 2.15. The van der Waals surface area contributed by atoms with Gasteiger partial charge in [-0.3, -0.25) is 4.79 Å². The van der Waals surface area contributed by atoms with E-state index in [1.807, 2.05) is 0 Å². The van der Waals surface area contributed by atoms with Crippen molar-refractivity contribution < 1.29 is 9.53 Å². The van der Waals surface area contributed by atoms with Crippen LogP contribution in [0.5, 0.6) is 5.75 Å². The number of hydrogen-bond donors (Lipinski definition) is 1. The lowest BCUT2D eigenvalue weighted by atomic mass is 9.43. The molecule has 7 heteroatoms. The van der Waals surface area contributed by atoms with Crippen LogP contribution in [0.4, 0.5) is 5.69 Å². The molecule has 3 aliphatic rings. The third-order valence-corrected chi connectivity index (χ3v) is 9.77. The first kappa shape index (κ1) is 19.0. The highest BCUT2D eigenvalue weighted by Crippen LogP contribution is 2.82. The summed E-state index contributed by atoms with van der Waals surface area (Å²) < 4.78 is 5.50. The zero-order valence-corrected chi connectivity index (χ0v) is 19.1. The predicted octanol–water partition coefficient (Wildman–Crippen LogP) is 5.97. The zero-order chi connectivity index (χ0) is 17.9. The molecule has 4 rings (SSSR count). The second-order valence-electron chi connectivity index (χ2n) is 7.10. The van der Waals surface area contributed by atoms with E-state index in [4.69, 9.17) is 16.3 Å². The molecule has 24 heavy (non-hydrogen) atoms. The second kappa shape index (κ2) is 6.14. The Morgan fingerprint density at radius 3 is 2.54 bits per heavy atom. The number of benzene rings is 1. The van der Waals surface area contributed by atoms with E-state index in [1.165, 1.54) is 0 Å². The Morgan fingerprint density at radius 1 is 1.38 bits per heavy atom. The lowest BCUT2D eigenvalue weighted by Gasteiger charge is -2.66. The minimum atomic E-state index is -0.458. The highest BCUT2D eigenvalue weighted by atomic mass is 79.9. The fraction of sp³-hybridized carbons (Fsp3) is 0.588. The number of anilines is 1. The van der Waals surface area contributed by atoms with Gasteiger partial charge in [0.25, 0.3) is 0 Å². The van der Waals surface area contributed by atoms with Crippen molar-refractivity contribution in [3.8, 4) is 5.75 Å². The average Bonchev–Trinajstić information content (AvgIpc) is 2.97. The molecule has 0 saturated heterocycles. The number of nitrogens with one attached hydrogen (secondary N) is 1. The number of carbonyl (C=O) groups excluding carboxylic acids is 1. The molecular formula is C17H19Br3ClNO2. The van der Waals surface area contributed by atoms with E-state index in [-0.39, 0.29) is 25.3 Å². The van der Waals surface area contributed by atoms with Crippen LogP contribution in [-0.4, -0.2) is 21.6 Å². The molecule has 1 aromatic rings. The predicted molar refractivity (Wildman–Crippen MR) is 109 cm³/mol. The molecule has 0 spiro atoms. The van der Waals surface area contributed by atoms with Crippen molar-refractivity contribution in [3.63, 3.8) is 0 Å². The molecule has 1 N–H and O–H groups in total. The van der Waals surface area contributed by atoms with E-state index in [0.29, 0.717) is 16.5 Å². The van der Waals surface area contributed by atoms with Crippen molar-refractivity contribution in [2.24, 2.45) is 16.2 Å². The molecule has 1 aromatic carbocycles. The molecule has 3 fully saturated rings. The number of hydrogen-bond acceptors (Lipinski definition) is 2. The summed E-state index contributed by atoms with van der Waals surface area (Å²) in [7, 11) is 1.58. The molecule has 3 nitrogen and oxygen atoms in total. The molecule has 132 valence electrons. The molecule has 2 bridgehead atoms. The Bertz CT molecular complexity index is 696. The molecule has 1 amide bonds. The monoisotopic (exact) mass is 541 g/mol. The van der Waals surface area contributed by atoms with Gasteiger partial charge >= 0.3 is 0 Å². The van der Waals surface area contributed by atoms with Crippen LogP contribution in [0.3, 0.4) is 0 Å². The van der Waals surface area contributed by atoms with Gasteiger partial charge < -0.3 is 10.1 Å². The summed E-state index contributed by atoms with van der Waals surface area (Å²) in [5.74, 6) is 0.624. The topological polar surface area (TPSA) is 38.3 Å². The summed E-state index contributed by atoms with van der Waals surface area (Å²) in [4.78, 5) is 13.4. The van der Waals surface area contributed by atoms with Crippen molar-refractivity contribution >= 4 is 71.0 Å². The van der Waals surface area contributed by atoms with Crippen LogP contribution in [0.15, 0.2) is 18.2 Å². The maximum atomic E-state index is 13.3. The van der Waals surface area contributed by atoms with E-state index in [9.17, 15) is 4.79 Å². The number of ether oxygens (including phenoxy) is 1. The van der Waals surface area contributed by atoms with Gasteiger partial charge in [-0.25, -0.2) is 0 Å². The quantitative estimate of drug-likeness (QED) is 0.475. The van der Waals surface area contributed by atoms with Crippen molar-refractivity contribution in [2.75, 3.05) is 12.4 Å². The highest BCUT2D eigenvalue weighted by Gasteiger charge is 2.83. The zero-order valence-electron chi connectivity index (χ0n) is 13.6. The average molecular weight is 545 g/mol. The largest absolute Gasteiger partial charge is 0.495 e. The Balaban J connectivity index is 1.94. The third-order valence-electron chi connectivity index (χ3n) is 6.30. The van der Waals surface area contributed by atoms with Gasteiger partial charge in [-0.1, -0.05) is 73.2 Å². The van der Waals surface area contributed by atoms with E-state index < -0.39 is 5.41 Å². The first-order valence-corrected chi connectivity index (χ1v) is 10.8. The minimum absolute atomic E-state index is 0.00274. The van der Waals surface area contributed by atoms with E-state index in [1.54, 1.807) is 25.3 Å². The fourth-order valence-electron chi connectivity index (χ4n) is 4.71. The van der Waals surface area contributed by atoms with Crippen LogP contribution in [0, 0.1) is 16.2 Å². The lowest BCUT2D eigenvalue weighted by Crippen LogP contribution is -2.71. The normalized spacial score (nSPS) is 33.2. The molecule has 3 saturated carbocycles. The smallest absolute Gasteiger partial charge is 0.232 e. The molecule has 0 aliphatic heterocycles. The van der Waals surface area contributed by atoms with Crippen molar-refractivity contribution in [1.29, 1.82) is 0 Å². The summed E-state index contributed by atoms with van der Waals surface area (Å²) in [5, 5.41) is 3.62. The maximum Gasteiger partial charge on any atom is 0.232 e. The van der Waals surface area contributed by atoms with Crippen LogP contribution < -0.4 is 10.1 Å². The van der Waals surface area contributed by atoms with Crippen LogP contribution >= 0.6 is 59.4 Å². The molecule has 0 heterocycles. The van der Waals surface area contributed by atoms with E-state index in [2.05, 4.69) is 67.0 Å². The van der Waals surface area contributed by atoms with Crippen molar-refractivity contribution in [3.05, 3.63) is 23.2 Å². The number of methoxy groups -OCH3 is 1. The summed E-state index contributed by atoms with van der Waals surface area (Å²) in [6.07, 6.45) is 1.83. The van der Waals surface area contributed by atoms with Crippen molar-refractivity contribution in [2.45, 2.75) is 35.3 Å². The second-order valence-corrected chi connectivity index (χ2v) is 11.5. The highest BCUT2D eigenvalue weighted by molar-refractivity contribution is 9.24.